The van der Waals surface area contributed by atoms with Gasteiger partial charge in [-0.15, -0.1) is 0 Å². The first-order valence-corrected chi connectivity index (χ1v) is 4.39. The average molecular weight is 221 g/mol. The maximum absolute atomic E-state index is 13.4. The van der Waals surface area contributed by atoms with E-state index >= 15 is 0 Å². The van der Waals surface area contributed by atoms with Crippen molar-refractivity contribution in [2.24, 2.45) is 0 Å². The molecule has 1 aromatic carbocycles. The molecule has 0 bridgehead atoms. The van der Waals surface area contributed by atoms with Gasteiger partial charge in [-0.3, -0.25) is 0 Å². The van der Waals surface area contributed by atoms with Gasteiger partial charge in [0.1, 0.15) is 5.82 Å². The van der Waals surface area contributed by atoms with Gasteiger partial charge in [0.05, 0.1) is 5.56 Å². The van der Waals surface area contributed by atoms with Crippen molar-refractivity contribution in [3.8, 4) is 0 Å². The van der Waals surface area contributed by atoms with Gasteiger partial charge in [0.25, 0.3) is 0 Å². The van der Waals surface area contributed by atoms with E-state index in [9.17, 15) is 17.6 Å². The van der Waals surface area contributed by atoms with E-state index in [1.54, 1.807) is 13.8 Å². The molecule has 15 heavy (non-hydrogen) atoms. The highest BCUT2D eigenvalue weighted by Crippen LogP contribution is 2.35. The van der Waals surface area contributed by atoms with Gasteiger partial charge in [-0.1, -0.05) is 13.8 Å². The smallest absolute Gasteiger partial charge is 0.399 e. The topological polar surface area (TPSA) is 26.0 Å². The maximum Gasteiger partial charge on any atom is 0.419 e. The monoisotopic (exact) mass is 221 g/mol. The fourth-order valence-corrected chi connectivity index (χ4v) is 1.30. The van der Waals surface area contributed by atoms with Crippen LogP contribution in [0.15, 0.2) is 12.1 Å². The first-order chi connectivity index (χ1) is 6.73. The summed E-state index contributed by atoms with van der Waals surface area (Å²) in [7, 11) is 0. The Morgan fingerprint density at radius 3 is 2.13 bits per heavy atom. The summed E-state index contributed by atoms with van der Waals surface area (Å²) in [6.45, 7) is 3.22. The Morgan fingerprint density at radius 2 is 1.73 bits per heavy atom. The van der Waals surface area contributed by atoms with Crippen molar-refractivity contribution in [3.63, 3.8) is 0 Å². The van der Waals surface area contributed by atoms with E-state index in [0.717, 1.165) is 0 Å². The van der Waals surface area contributed by atoms with Crippen LogP contribution in [-0.4, -0.2) is 0 Å². The SMILES string of the molecule is CC(C)c1cc(N)cc(C(F)(F)F)c1F. The van der Waals surface area contributed by atoms with Crippen LogP contribution in [-0.2, 0) is 6.18 Å². The molecule has 0 saturated carbocycles. The summed E-state index contributed by atoms with van der Waals surface area (Å²) in [6, 6.07) is 1.84. The lowest BCUT2D eigenvalue weighted by Gasteiger charge is -2.14. The minimum absolute atomic E-state index is 0.0117. The van der Waals surface area contributed by atoms with Crippen molar-refractivity contribution < 1.29 is 17.6 Å². The summed E-state index contributed by atoms with van der Waals surface area (Å²) in [5.41, 5.74) is 3.91. The zero-order valence-electron chi connectivity index (χ0n) is 8.32. The number of nitrogen functional groups attached to an aromatic ring is 1. The fraction of sp³-hybridized carbons (Fsp3) is 0.400. The lowest BCUT2D eigenvalue weighted by atomic mass is 9.98. The molecular weight excluding hydrogens is 210 g/mol. The highest BCUT2D eigenvalue weighted by Gasteiger charge is 2.35. The van der Waals surface area contributed by atoms with Crippen molar-refractivity contribution in [2.45, 2.75) is 25.9 Å². The van der Waals surface area contributed by atoms with Gasteiger partial charge in [-0.05, 0) is 23.6 Å². The Morgan fingerprint density at radius 1 is 1.20 bits per heavy atom. The molecular formula is C10H11F4N. The first-order valence-electron chi connectivity index (χ1n) is 4.39. The van der Waals surface area contributed by atoms with Crippen LogP contribution in [0.3, 0.4) is 0 Å². The van der Waals surface area contributed by atoms with Crippen LogP contribution in [0.4, 0.5) is 23.2 Å². The van der Waals surface area contributed by atoms with Crippen molar-refractivity contribution in [1.82, 2.24) is 0 Å². The van der Waals surface area contributed by atoms with Crippen LogP contribution >= 0.6 is 0 Å². The molecule has 0 aliphatic carbocycles. The van der Waals surface area contributed by atoms with E-state index in [-0.39, 0.29) is 17.2 Å². The molecule has 0 aliphatic heterocycles. The van der Waals surface area contributed by atoms with Gasteiger partial charge < -0.3 is 5.73 Å². The molecule has 0 spiro atoms. The van der Waals surface area contributed by atoms with E-state index in [2.05, 4.69) is 0 Å². The van der Waals surface area contributed by atoms with E-state index < -0.39 is 17.6 Å². The molecule has 0 unspecified atom stereocenters. The molecule has 0 amide bonds. The normalized spacial score (nSPS) is 12.2. The third kappa shape index (κ3) is 2.40. The lowest BCUT2D eigenvalue weighted by molar-refractivity contribution is -0.140. The quantitative estimate of drug-likeness (QED) is 0.569. The maximum atomic E-state index is 13.4. The average Bonchev–Trinajstić information content (AvgIpc) is 2.06. The predicted octanol–water partition coefficient (Wildman–Crippen LogP) is 3.55. The van der Waals surface area contributed by atoms with Crippen LogP contribution in [0.1, 0.15) is 30.9 Å². The summed E-state index contributed by atoms with van der Waals surface area (Å²) < 4.78 is 50.6. The molecule has 1 rings (SSSR count). The van der Waals surface area contributed by atoms with Gasteiger partial charge in [0.2, 0.25) is 0 Å². The minimum Gasteiger partial charge on any atom is -0.399 e. The minimum atomic E-state index is -4.71. The molecule has 0 saturated heterocycles. The van der Waals surface area contributed by atoms with Crippen LogP contribution < -0.4 is 5.73 Å². The Labute approximate surface area is 84.9 Å². The summed E-state index contributed by atoms with van der Waals surface area (Å²) in [4.78, 5) is 0. The molecule has 84 valence electrons. The molecule has 0 aliphatic rings. The zero-order valence-corrected chi connectivity index (χ0v) is 8.32. The molecule has 0 radical (unpaired) electrons. The standard InChI is InChI=1S/C10H11F4N/c1-5(2)7-3-6(15)4-8(9(7)11)10(12,13)14/h3-5H,15H2,1-2H3. The second kappa shape index (κ2) is 3.72. The fourth-order valence-electron chi connectivity index (χ4n) is 1.30. The summed E-state index contributed by atoms with van der Waals surface area (Å²) in [5.74, 6) is -1.57. The Hall–Kier alpha value is -1.26. The molecule has 1 aromatic rings. The third-order valence-electron chi connectivity index (χ3n) is 2.05. The molecule has 2 N–H and O–H groups in total. The summed E-state index contributed by atoms with van der Waals surface area (Å²) >= 11 is 0. The van der Waals surface area contributed by atoms with Crippen molar-refractivity contribution in [2.75, 3.05) is 5.73 Å². The van der Waals surface area contributed by atoms with Crippen molar-refractivity contribution >= 4 is 5.69 Å². The second-order valence-corrected chi connectivity index (χ2v) is 3.62. The number of rotatable bonds is 1. The lowest BCUT2D eigenvalue weighted by Crippen LogP contribution is -2.11. The molecule has 0 atom stereocenters. The van der Waals surface area contributed by atoms with Crippen LogP contribution in [0.5, 0.6) is 0 Å². The van der Waals surface area contributed by atoms with Gasteiger partial charge in [0, 0.05) is 5.69 Å². The number of nitrogens with two attached hydrogens (primary N) is 1. The number of benzene rings is 1. The Bertz CT molecular complexity index is 368. The number of hydrogen-bond donors (Lipinski definition) is 1. The van der Waals surface area contributed by atoms with E-state index in [4.69, 9.17) is 5.73 Å². The van der Waals surface area contributed by atoms with E-state index in [0.29, 0.717) is 6.07 Å². The summed E-state index contributed by atoms with van der Waals surface area (Å²) in [5, 5.41) is 0. The zero-order chi connectivity index (χ0) is 11.8. The first kappa shape index (κ1) is 11.8. The molecule has 0 heterocycles. The van der Waals surface area contributed by atoms with Crippen LogP contribution in [0, 0.1) is 5.82 Å². The number of hydrogen-bond acceptors (Lipinski definition) is 1. The van der Waals surface area contributed by atoms with E-state index in [1.165, 1.54) is 6.07 Å². The molecule has 1 nitrogen and oxygen atoms in total. The van der Waals surface area contributed by atoms with Crippen molar-refractivity contribution in [1.29, 1.82) is 0 Å². The van der Waals surface area contributed by atoms with Crippen LogP contribution in [0.2, 0.25) is 0 Å². The van der Waals surface area contributed by atoms with E-state index in [1.807, 2.05) is 0 Å². The Kier molecular flexibility index (Phi) is 2.93. The second-order valence-electron chi connectivity index (χ2n) is 3.62. The van der Waals surface area contributed by atoms with Crippen LogP contribution in [0.25, 0.3) is 0 Å². The molecule has 5 heteroatoms. The van der Waals surface area contributed by atoms with Gasteiger partial charge in [0.15, 0.2) is 0 Å². The highest BCUT2D eigenvalue weighted by molar-refractivity contribution is 5.47. The van der Waals surface area contributed by atoms with Gasteiger partial charge in [-0.2, -0.15) is 13.2 Å². The number of anilines is 1. The summed E-state index contributed by atoms with van der Waals surface area (Å²) in [6.07, 6.45) is -4.71. The predicted molar refractivity (Wildman–Crippen MR) is 49.9 cm³/mol. The highest BCUT2D eigenvalue weighted by atomic mass is 19.4. The number of halogens is 4. The number of alkyl halides is 3. The largest absolute Gasteiger partial charge is 0.419 e. The molecule has 0 fully saturated rings. The molecule has 0 aromatic heterocycles. The van der Waals surface area contributed by atoms with Crippen molar-refractivity contribution in [3.05, 3.63) is 29.1 Å². The van der Waals surface area contributed by atoms with Gasteiger partial charge >= 0.3 is 6.18 Å². The Balaban J connectivity index is 3.42. The third-order valence-corrected chi connectivity index (χ3v) is 2.05. The van der Waals surface area contributed by atoms with Gasteiger partial charge in [-0.25, -0.2) is 4.39 Å².